The molecule has 2 fully saturated rings. The molecule has 2 saturated heterocycles. The molecule has 0 bridgehead atoms. The molecule has 0 saturated carbocycles. The van der Waals surface area contributed by atoms with E-state index in [9.17, 15) is 18.0 Å². The van der Waals surface area contributed by atoms with Gasteiger partial charge in [0.05, 0.1) is 22.2 Å². The number of benzene rings is 1. The van der Waals surface area contributed by atoms with E-state index < -0.39 is 9.84 Å². The zero-order valence-electron chi connectivity index (χ0n) is 17.4. The molecular formula is C21H30ClN3O4S. The third kappa shape index (κ3) is 6.18. The molecule has 0 aliphatic carbocycles. The van der Waals surface area contributed by atoms with Crippen molar-refractivity contribution in [2.75, 3.05) is 44.3 Å². The Morgan fingerprint density at radius 2 is 1.70 bits per heavy atom. The average molecular weight is 456 g/mol. The molecule has 1 N–H and O–H groups in total. The van der Waals surface area contributed by atoms with E-state index in [1.165, 1.54) is 31.0 Å². The van der Waals surface area contributed by atoms with Crippen LogP contribution in [0.5, 0.6) is 0 Å². The Labute approximate surface area is 183 Å². The van der Waals surface area contributed by atoms with Crippen LogP contribution in [0.15, 0.2) is 23.1 Å². The fourth-order valence-corrected chi connectivity index (χ4v) is 4.92. The molecule has 0 radical (unpaired) electrons. The number of nitrogens with zero attached hydrogens (tertiary/aromatic N) is 2. The summed E-state index contributed by atoms with van der Waals surface area (Å²) in [6.45, 7) is 3.30. The topological polar surface area (TPSA) is 86.8 Å². The van der Waals surface area contributed by atoms with E-state index in [-0.39, 0.29) is 39.9 Å². The van der Waals surface area contributed by atoms with Gasteiger partial charge in [0.1, 0.15) is 0 Å². The Kier molecular flexibility index (Phi) is 7.76. The molecular weight excluding hydrogens is 426 g/mol. The Morgan fingerprint density at radius 1 is 1.07 bits per heavy atom. The van der Waals surface area contributed by atoms with Crippen LogP contribution in [0.1, 0.15) is 38.5 Å². The first-order chi connectivity index (χ1) is 14.2. The Balaban J connectivity index is 1.50. The normalized spacial score (nSPS) is 19.3. The van der Waals surface area contributed by atoms with Gasteiger partial charge in [-0.15, -0.1) is 0 Å². The van der Waals surface area contributed by atoms with Crippen molar-refractivity contribution < 1.29 is 18.0 Å². The average Bonchev–Trinajstić information content (AvgIpc) is 2.98. The number of halogens is 1. The van der Waals surface area contributed by atoms with E-state index in [1.807, 2.05) is 9.80 Å². The first-order valence-electron chi connectivity index (χ1n) is 10.5. The zero-order valence-corrected chi connectivity index (χ0v) is 19.0. The van der Waals surface area contributed by atoms with Crippen LogP contribution in [0.2, 0.25) is 5.02 Å². The van der Waals surface area contributed by atoms with Gasteiger partial charge < -0.3 is 10.2 Å². The van der Waals surface area contributed by atoms with Gasteiger partial charge in [0.25, 0.3) is 0 Å². The zero-order chi connectivity index (χ0) is 21.7. The summed E-state index contributed by atoms with van der Waals surface area (Å²) in [5, 5.41) is 3.00. The highest BCUT2D eigenvalue weighted by Crippen LogP contribution is 2.26. The molecule has 2 aliphatic rings. The predicted octanol–water partition coefficient (Wildman–Crippen LogP) is 2.80. The second kappa shape index (κ2) is 10.1. The number of hydrogen-bond acceptors (Lipinski definition) is 5. The number of carbonyl (C=O) groups is 2. The van der Waals surface area contributed by atoms with Gasteiger partial charge in [-0.2, -0.15) is 0 Å². The fraction of sp³-hybridized carbons (Fsp3) is 0.619. The minimum Gasteiger partial charge on any atom is -0.342 e. The summed E-state index contributed by atoms with van der Waals surface area (Å²) >= 11 is 6.11. The predicted molar refractivity (Wildman–Crippen MR) is 117 cm³/mol. The van der Waals surface area contributed by atoms with Gasteiger partial charge in [0.2, 0.25) is 11.8 Å². The summed E-state index contributed by atoms with van der Waals surface area (Å²) in [4.78, 5) is 29.4. The highest BCUT2D eigenvalue weighted by Gasteiger charge is 2.29. The van der Waals surface area contributed by atoms with Crippen LogP contribution in [-0.4, -0.2) is 69.0 Å². The maximum absolute atomic E-state index is 12.8. The summed E-state index contributed by atoms with van der Waals surface area (Å²) in [6.07, 6.45) is 7.21. The standard InChI is InChI=1S/C21H30ClN3O4S/c1-30(28,29)17-6-7-18(22)19(14-17)23-20(26)15-24-12-8-16(9-13-24)21(27)25-10-4-2-3-5-11-25/h6-7,14,16H,2-5,8-13,15H2,1H3,(H,23,26). The lowest BCUT2D eigenvalue weighted by molar-refractivity contribution is -0.137. The molecule has 0 spiro atoms. The van der Waals surface area contributed by atoms with E-state index in [0.717, 1.165) is 45.0 Å². The van der Waals surface area contributed by atoms with Crippen molar-refractivity contribution >= 4 is 38.9 Å². The molecule has 1 aromatic rings. The Bertz CT molecular complexity index is 874. The van der Waals surface area contributed by atoms with Crippen LogP contribution in [0.25, 0.3) is 0 Å². The number of amides is 2. The number of carbonyl (C=O) groups excluding carboxylic acids is 2. The van der Waals surface area contributed by atoms with E-state index in [2.05, 4.69) is 5.32 Å². The summed E-state index contributed by atoms with van der Waals surface area (Å²) in [7, 11) is -3.39. The minimum absolute atomic E-state index is 0.0447. The maximum atomic E-state index is 12.8. The largest absolute Gasteiger partial charge is 0.342 e. The highest BCUT2D eigenvalue weighted by molar-refractivity contribution is 7.90. The quantitative estimate of drug-likeness (QED) is 0.737. The lowest BCUT2D eigenvalue weighted by Gasteiger charge is -2.33. The van der Waals surface area contributed by atoms with Crippen molar-refractivity contribution in [2.24, 2.45) is 5.92 Å². The number of anilines is 1. The molecule has 1 aromatic carbocycles. The van der Waals surface area contributed by atoms with Crippen LogP contribution >= 0.6 is 11.6 Å². The molecule has 2 aliphatic heterocycles. The number of rotatable bonds is 5. The third-order valence-corrected chi connectivity index (χ3v) is 7.30. The van der Waals surface area contributed by atoms with Crippen LogP contribution in [-0.2, 0) is 19.4 Å². The van der Waals surface area contributed by atoms with Crippen molar-refractivity contribution in [3.63, 3.8) is 0 Å². The second-order valence-electron chi connectivity index (χ2n) is 8.25. The van der Waals surface area contributed by atoms with Crippen molar-refractivity contribution in [1.82, 2.24) is 9.80 Å². The van der Waals surface area contributed by atoms with E-state index in [4.69, 9.17) is 11.6 Å². The lowest BCUT2D eigenvalue weighted by atomic mass is 9.95. The van der Waals surface area contributed by atoms with Crippen molar-refractivity contribution in [3.8, 4) is 0 Å². The summed E-state index contributed by atoms with van der Waals surface area (Å²) in [6, 6.07) is 4.26. The molecule has 0 atom stereocenters. The van der Waals surface area contributed by atoms with Gasteiger partial charge in [-0.25, -0.2) is 8.42 Å². The molecule has 166 valence electrons. The van der Waals surface area contributed by atoms with Gasteiger partial charge in [0, 0.05) is 25.3 Å². The highest BCUT2D eigenvalue weighted by atomic mass is 35.5. The molecule has 0 unspecified atom stereocenters. The minimum atomic E-state index is -3.39. The van der Waals surface area contributed by atoms with Crippen molar-refractivity contribution in [1.29, 1.82) is 0 Å². The first-order valence-corrected chi connectivity index (χ1v) is 12.8. The fourth-order valence-electron chi connectivity index (χ4n) is 4.11. The van der Waals surface area contributed by atoms with Crippen LogP contribution in [0.3, 0.4) is 0 Å². The van der Waals surface area contributed by atoms with Crippen LogP contribution in [0.4, 0.5) is 5.69 Å². The molecule has 0 aromatic heterocycles. The van der Waals surface area contributed by atoms with Crippen molar-refractivity contribution in [3.05, 3.63) is 23.2 Å². The van der Waals surface area contributed by atoms with Gasteiger partial charge >= 0.3 is 0 Å². The lowest BCUT2D eigenvalue weighted by Crippen LogP contribution is -2.44. The van der Waals surface area contributed by atoms with E-state index in [1.54, 1.807) is 0 Å². The first kappa shape index (κ1) is 23.0. The SMILES string of the molecule is CS(=O)(=O)c1ccc(Cl)c(NC(=O)CN2CCC(C(=O)N3CCCCCC3)CC2)c1. The Hall–Kier alpha value is -1.64. The molecule has 2 heterocycles. The van der Waals surface area contributed by atoms with Gasteiger partial charge in [0.15, 0.2) is 9.84 Å². The molecule has 9 heteroatoms. The van der Waals surface area contributed by atoms with E-state index in [0.29, 0.717) is 13.1 Å². The molecule has 2 amide bonds. The van der Waals surface area contributed by atoms with Crippen molar-refractivity contribution in [2.45, 2.75) is 43.4 Å². The number of piperidine rings is 1. The van der Waals surface area contributed by atoms with Crippen LogP contribution < -0.4 is 5.32 Å². The second-order valence-corrected chi connectivity index (χ2v) is 10.7. The maximum Gasteiger partial charge on any atom is 0.238 e. The third-order valence-electron chi connectivity index (χ3n) is 5.86. The smallest absolute Gasteiger partial charge is 0.238 e. The monoisotopic (exact) mass is 455 g/mol. The van der Waals surface area contributed by atoms with Gasteiger partial charge in [-0.05, 0) is 57.0 Å². The molecule has 3 rings (SSSR count). The van der Waals surface area contributed by atoms with Gasteiger partial charge in [-0.1, -0.05) is 24.4 Å². The molecule has 30 heavy (non-hydrogen) atoms. The van der Waals surface area contributed by atoms with Crippen LogP contribution in [0, 0.1) is 5.92 Å². The number of nitrogens with one attached hydrogen (secondary N) is 1. The summed E-state index contributed by atoms with van der Waals surface area (Å²) in [5.41, 5.74) is 0.288. The Morgan fingerprint density at radius 3 is 2.30 bits per heavy atom. The summed E-state index contributed by atoms with van der Waals surface area (Å²) < 4.78 is 23.4. The summed E-state index contributed by atoms with van der Waals surface area (Å²) in [5.74, 6) is 0.0634. The number of hydrogen-bond donors (Lipinski definition) is 1. The van der Waals surface area contributed by atoms with E-state index >= 15 is 0 Å². The number of sulfone groups is 1. The van der Waals surface area contributed by atoms with Gasteiger partial charge in [-0.3, -0.25) is 14.5 Å². The molecule has 7 nitrogen and oxygen atoms in total. The number of likely N-dealkylation sites (tertiary alicyclic amines) is 2.